The number of carbonyl (C=O) groups excluding carboxylic acids is 2. The molecule has 16 heavy (non-hydrogen) atoms. The predicted molar refractivity (Wildman–Crippen MR) is 62.6 cm³/mol. The van der Waals surface area contributed by atoms with Gasteiger partial charge in [0.15, 0.2) is 0 Å². The summed E-state index contributed by atoms with van der Waals surface area (Å²) in [6.07, 6.45) is 0.734. The van der Waals surface area contributed by atoms with Crippen LogP contribution < -0.4 is 5.32 Å². The van der Waals surface area contributed by atoms with Crippen molar-refractivity contribution < 1.29 is 14.3 Å². The smallest absolute Gasteiger partial charge is 0.340 e. The lowest BCUT2D eigenvalue weighted by Crippen LogP contribution is -2.26. The maximum absolute atomic E-state index is 11.1. The van der Waals surface area contributed by atoms with E-state index in [4.69, 9.17) is 4.74 Å². The number of nitrogens with one attached hydrogen (secondary N) is 1. The number of nitrogens with zero attached hydrogens (tertiary/aromatic N) is 1. The molecular formula is C11H18N2O3. The fourth-order valence-corrected chi connectivity index (χ4v) is 0.717. The maximum Gasteiger partial charge on any atom is 0.340 e. The van der Waals surface area contributed by atoms with Crippen molar-refractivity contribution in [1.82, 2.24) is 5.32 Å². The van der Waals surface area contributed by atoms with Crippen molar-refractivity contribution in [3.8, 4) is 0 Å². The van der Waals surface area contributed by atoms with Gasteiger partial charge in [0.25, 0.3) is 0 Å². The lowest BCUT2D eigenvalue weighted by atomic mass is 10.3. The zero-order valence-electron chi connectivity index (χ0n) is 10.0. The molecule has 2 amide bonds. The molecule has 0 atom stereocenters. The summed E-state index contributed by atoms with van der Waals surface area (Å²) in [5, 5.41) is 2.51. The Kier molecular flexibility index (Phi) is 6.83. The van der Waals surface area contributed by atoms with Crippen LogP contribution >= 0.6 is 0 Å². The molecule has 0 saturated carbocycles. The molecule has 0 unspecified atom stereocenters. The Labute approximate surface area is 95.6 Å². The van der Waals surface area contributed by atoms with Crippen molar-refractivity contribution in [3.05, 3.63) is 12.2 Å². The highest BCUT2D eigenvalue weighted by Gasteiger charge is 2.03. The SMILES string of the molecule is C=C(C)C(=O)OCCNC(=O)N=C(C)CC. The number of esters is 1. The minimum absolute atomic E-state index is 0.123. The number of urea groups is 1. The molecule has 0 rings (SSSR count). The van der Waals surface area contributed by atoms with Gasteiger partial charge >= 0.3 is 12.0 Å². The van der Waals surface area contributed by atoms with Crippen LogP contribution in [-0.2, 0) is 9.53 Å². The number of ether oxygens (including phenoxy) is 1. The van der Waals surface area contributed by atoms with Gasteiger partial charge in [0, 0.05) is 11.3 Å². The standard InChI is InChI=1S/C11H18N2O3/c1-5-9(4)13-11(15)12-6-7-16-10(14)8(2)3/h2,5-7H2,1,3-4H3,(H,12,15). The molecule has 1 N–H and O–H groups in total. The Morgan fingerprint density at radius 3 is 2.50 bits per heavy atom. The number of carbonyl (C=O) groups is 2. The number of amides is 2. The van der Waals surface area contributed by atoms with Crippen LogP contribution in [0.4, 0.5) is 4.79 Å². The van der Waals surface area contributed by atoms with Crippen molar-refractivity contribution >= 4 is 17.7 Å². The van der Waals surface area contributed by atoms with Gasteiger partial charge in [-0.2, -0.15) is 0 Å². The van der Waals surface area contributed by atoms with Gasteiger partial charge in [-0.3, -0.25) is 0 Å². The highest BCUT2D eigenvalue weighted by Crippen LogP contribution is 1.91. The van der Waals surface area contributed by atoms with Crippen LogP contribution in [0.2, 0.25) is 0 Å². The fraction of sp³-hybridized carbons (Fsp3) is 0.545. The van der Waals surface area contributed by atoms with Gasteiger partial charge in [0.2, 0.25) is 0 Å². The molecule has 0 bridgehead atoms. The zero-order chi connectivity index (χ0) is 12.6. The molecule has 0 spiro atoms. The summed E-state index contributed by atoms with van der Waals surface area (Å²) in [6, 6.07) is -0.411. The van der Waals surface area contributed by atoms with E-state index in [9.17, 15) is 9.59 Å². The van der Waals surface area contributed by atoms with Crippen LogP contribution in [0, 0.1) is 0 Å². The van der Waals surface area contributed by atoms with Crippen LogP contribution in [0.25, 0.3) is 0 Å². The molecular weight excluding hydrogens is 208 g/mol. The molecule has 5 nitrogen and oxygen atoms in total. The summed E-state index contributed by atoms with van der Waals surface area (Å²) in [5.74, 6) is -0.456. The van der Waals surface area contributed by atoms with Crippen molar-refractivity contribution in [2.45, 2.75) is 27.2 Å². The molecule has 0 aromatic rings. The molecule has 0 aromatic carbocycles. The van der Waals surface area contributed by atoms with Crippen molar-refractivity contribution in [3.63, 3.8) is 0 Å². The Morgan fingerprint density at radius 2 is 2.00 bits per heavy atom. The summed E-state index contributed by atoms with van der Waals surface area (Å²) in [5.41, 5.74) is 1.10. The first-order chi connectivity index (χ1) is 7.47. The lowest BCUT2D eigenvalue weighted by molar-refractivity contribution is -0.138. The van der Waals surface area contributed by atoms with Crippen molar-refractivity contribution in [1.29, 1.82) is 0 Å². The normalized spacial score (nSPS) is 10.8. The number of aliphatic imine (C=N–C) groups is 1. The average molecular weight is 226 g/mol. The van der Waals surface area contributed by atoms with Crippen LogP contribution in [-0.4, -0.2) is 30.9 Å². The molecule has 0 aliphatic heterocycles. The van der Waals surface area contributed by atoms with Gasteiger partial charge in [-0.15, -0.1) is 0 Å². The first-order valence-electron chi connectivity index (χ1n) is 5.12. The molecule has 0 saturated heterocycles. The summed E-state index contributed by atoms with van der Waals surface area (Å²) in [7, 11) is 0. The van der Waals surface area contributed by atoms with Gasteiger partial charge in [0.05, 0.1) is 6.54 Å². The topological polar surface area (TPSA) is 67.8 Å². The van der Waals surface area contributed by atoms with Gasteiger partial charge < -0.3 is 10.1 Å². The first kappa shape index (κ1) is 14.3. The first-order valence-corrected chi connectivity index (χ1v) is 5.12. The van der Waals surface area contributed by atoms with E-state index in [0.29, 0.717) is 5.57 Å². The number of hydrogen-bond acceptors (Lipinski definition) is 3. The average Bonchev–Trinajstić information content (AvgIpc) is 2.23. The third-order valence-corrected chi connectivity index (χ3v) is 1.76. The Morgan fingerprint density at radius 1 is 1.38 bits per heavy atom. The Bertz CT molecular complexity index is 308. The molecule has 0 aliphatic rings. The second-order valence-electron chi connectivity index (χ2n) is 3.35. The second kappa shape index (κ2) is 7.62. The largest absolute Gasteiger partial charge is 0.460 e. The number of hydrogen-bond donors (Lipinski definition) is 1. The highest BCUT2D eigenvalue weighted by molar-refractivity contribution is 5.93. The van der Waals surface area contributed by atoms with E-state index in [1.165, 1.54) is 0 Å². The van der Waals surface area contributed by atoms with Gasteiger partial charge in [0.1, 0.15) is 6.61 Å². The van der Waals surface area contributed by atoms with Gasteiger partial charge in [-0.05, 0) is 20.3 Å². The fourth-order valence-electron chi connectivity index (χ4n) is 0.717. The molecule has 90 valence electrons. The summed E-state index contributed by atoms with van der Waals surface area (Å²) < 4.78 is 4.78. The molecule has 0 aliphatic carbocycles. The van der Waals surface area contributed by atoms with E-state index in [0.717, 1.165) is 12.1 Å². The van der Waals surface area contributed by atoms with Gasteiger partial charge in [-0.25, -0.2) is 14.6 Å². The van der Waals surface area contributed by atoms with E-state index in [2.05, 4.69) is 16.9 Å². The molecule has 0 aromatic heterocycles. The van der Waals surface area contributed by atoms with E-state index < -0.39 is 12.0 Å². The van der Waals surface area contributed by atoms with Crippen LogP contribution in [0.5, 0.6) is 0 Å². The minimum atomic E-state index is -0.456. The van der Waals surface area contributed by atoms with E-state index in [1.807, 2.05) is 6.92 Å². The van der Waals surface area contributed by atoms with E-state index in [-0.39, 0.29) is 13.2 Å². The zero-order valence-corrected chi connectivity index (χ0v) is 10.0. The maximum atomic E-state index is 11.1. The Balaban J connectivity index is 3.72. The molecule has 5 heteroatoms. The lowest BCUT2D eigenvalue weighted by Gasteiger charge is -2.04. The molecule has 0 heterocycles. The Hall–Kier alpha value is -1.65. The third-order valence-electron chi connectivity index (χ3n) is 1.76. The summed E-state index contributed by atoms with van der Waals surface area (Å²) >= 11 is 0. The van der Waals surface area contributed by atoms with E-state index in [1.54, 1.807) is 13.8 Å². The summed E-state index contributed by atoms with van der Waals surface area (Å²) in [4.78, 5) is 25.8. The predicted octanol–water partition coefficient (Wildman–Crippen LogP) is 1.69. The van der Waals surface area contributed by atoms with Crippen LogP contribution in [0.15, 0.2) is 17.1 Å². The number of rotatable bonds is 5. The second-order valence-corrected chi connectivity index (χ2v) is 3.35. The summed E-state index contributed by atoms with van der Waals surface area (Å²) in [6.45, 7) is 9.07. The van der Waals surface area contributed by atoms with Crippen LogP contribution in [0.3, 0.4) is 0 Å². The monoisotopic (exact) mass is 226 g/mol. The van der Waals surface area contributed by atoms with Gasteiger partial charge in [-0.1, -0.05) is 13.5 Å². The highest BCUT2D eigenvalue weighted by atomic mass is 16.5. The molecule has 0 fully saturated rings. The quantitative estimate of drug-likeness (QED) is 0.335. The molecule has 0 radical (unpaired) electrons. The third kappa shape index (κ3) is 6.75. The minimum Gasteiger partial charge on any atom is -0.460 e. The van der Waals surface area contributed by atoms with Crippen molar-refractivity contribution in [2.75, 3.05) is 13.2 Å². The van der Waals surface area contributed by atoms with Crippen molar-refractivity contribution in [2.24, 2.45) is 4.99 Å². The van der Waals surface area contributed by atoms with E-state index >= 15 is 0 Å². The van der Waals surface area contributed by atoms with Crippen LogP contribution in [0.1, 0.15) is 27.2 Å².